The average molecular weight is 405 g/mol. The predicted octanol–water partition coefficient (Wildman–Crippen LogP) is 4.20. The van der Waals surface area contributed by atoms with E-state index in [4.69, 9.17) is 0 Å². The first-order chi connectivity index (χ1) is 11.9. The van der Waals surface area contributed by atoms with Gasteiger partial charge in [0.05, 0.1) is 5.92 Å². The summed E-state index contributed by atoms with van der Waals surface area (Å²) in [5.74, 6) is -1.09. The van der Waals surface area contributed by atoms with Gasteiger partial charge in [-0.1, -0.05) is 15.9 Å². The minimum atomic E-state index is -0.430. The van der Waals surface area contributed by atoms with Crippen molar-refractivity contribution in [2.75, 3.05) is 16.8 Å². The van der Waals surface area contributed by atoms with Gasteiger partial charge in [0.15, 0.2) is 0 Å². The number of benzene rings is 2. The van der Waals surface area contributed by atoms with Crippen molar-refractivity contribution < 1.29 is 14.0 Å². The lowest BCUT2D eigenvalue weighted by Crippen LogP contribution is -2.28. The van der Waals surface area contributed by atoms with Crippen molar-refractivity contribution in [2.24, 2.45) is 5.92 Å². The molecule has 1 fully saturated rings. The maximum atomic E-state index is 13.0. The molecule has 1 saturated heterocycles. The highest BCUT2D eigenvalue weighted by atomic mass is 79.9. The zero-order chi connectivity index (χ0) is 18.1. The molecule has 0 spiro atoms. The molecule has 25 heavy (non-hydrogen) atoms. The Bertz CT molecular complexity index is 836. The van der Waals surface area contributed by atoms with Crippen LogP contribution < -0.4 is 10.2 Å². The summed E-state index contributed by atoms with van der Waals surface area (Å²) in [6, 6.07) is 9.46. The van der Waals surface area contributed by atoms with Crippen LogP contribution in [0.1, 0.15) is 17.5 Å². The lowest BCUT2D eigenvalue weighted by molar-refractivity contribution is -0.122. The Kier molecular flexibility index (Phi) is 4.90. The van der Waals surface area contributed by atoms with E-state index in [1.807, 2.05) is 26.0 Å². The third-order valence-corrected chi connectivity index (χ3v) is 5.47. The number of halogens is 2. The highest BCUT2D eigenvalue weighted by molar-refractivity contribution is 9.10. The second kappa shape index (κ2) is 6.96. The SMILES string of the molecule is Cc1c(Br)ccc(NC(=O)C2CC(=O)N(c3ccc(F)cc3)C2)c1C. The highest BCUT2D eigenvalue weighted by Crippen LogP contribution is 2.29. The maximum Gasteiger partial charge on any atom is 0.229 e. The highest BCUT2D eigenvalue weighted by Gasteiger charge is 2.35. The van der Waals surface area contributed by atoms with Gasteiger partial charge in [-0.3, -0.25) is 9.59 Å². The second-order valence-corrected chi connectivity index (χ2v) is 7.07. The Morgan fingerprint density at radius 2 is 1.84 bits per heavy atom. The van der Waals surface area contributed by atoms with E-state index in [0.717, 1.165) is 21.3 Å². The summed E-state index contributed by atoms with van der Waals surface area (Å²) in [6.07, 6.45) is 0.151. The Morgan fingerprint density at radius 1 is 1.16 bits per heavy atom. The third kappa shape index (κ3) is 3.58. The summed E-state index contributed by atoms with van der Waals surface area (Å²) in [6.45, 7) is 4.22. The number of hydrogen-bond donors (Lipinski definition) is 1. The molecule has 130 valence electrons. The van der Waals surface area contributed by atoms with Crippen molar-refractivity contribution in [1.82, 2.24) is 0 Å². The third-order valence-electron chi connectivity index (χ3n) is 4.61. The largest absolute Gasteiger partial charge is 0.326 e. The number of nitrogens with zero attached hydrogens (tertiary/aromatic N) is 1. The normalized spacial score (nSPS) is 17.0. The van der Waals surface area contributed by atoms with Crippen molar-refractivity contribution >= 4 is 39.1 Å². The van der Waals surface area contributed by atoms with Gasteiger partial charge in [0, 0.05) is 28.8 Å². The fraction of sp³-hybridized carbons (Fsp3) is 0.263. The van der Waals surface area contributed by atoms with Gasteiger partial charge in [-0.05, 0) is 61.4 Å². The quantitative estimate of drug-likeness (QED) is 0.833. The Morgan fingerprint density at radius 3 is 2.52 bits per heavy atom. The van der Waals surface area contributed by atoms with Gasteiger partial charge < -0.3 is 10.2 Å². The van der Waals surface area contributed by atoms with Crippen LogP contribution in [0, 0.1) is 25.6 Å². The fourth-order valence-corrected chi connectivity index (χ4v) is 3.34. The molecular formula is C19H18BrFN2O2. The van der Waals surface area contributed by atoms with Gasteiger partial charge in [-0.15, -0.1) is 0 Å². The maximum absolute atomic E-state index is 13.0. The molecule has 2 aromatic carbocycles. The van der Waals surface area contributed by atoms with E-state index in [1.54, 1.807) is 12.1 Å². The molecule has 2 amide bonds. The fourth-order valence-electron chi connectivity index (χ4n) is 2.91. The monoisotopic (exact) mass is 404 g/mol. The summed E-state index contributed by atoms with van der Waals surface area (Å²) in [4.78, 5) is 26.3. The molecule has 1 atom stereocenters. The summed E-state index contributed by atoms with van der Waals surface area (Å²) >= 11 is 3.47. The zero-order valence-corrected chi connectivity index (χ0v) is 15.6. The van der Waals surface area contributed by atoms with Gasteiger partial charge >= 0.3 is 0 Å². The molecule has 4 nitrogen and oxygen atoms in total. The molecule has 1 N–H and O–H groups in total. The van der Waals surface area contributed by atoms with Crippen molar-refractivity contribution in [3.63, 3.8) is 0 Å². The topological polar surface area (TPSA) is 49.4 Å². The first-order valence-electron chi connectivity index (χ1n) is 7.99. The minimum absolute atomic E-state index is 0.129. The average Bonchev–Trinajstić information content (AvgIpc) is 2.98. The molecule has 1 aliphatic heterocycles. The van der Waals surface area contributed by atoms with Gasteiger partial charge in [-0.25, -0.2) is 4.39 Å². The van der Waals surface area contributed by atoms with Gasteiger partial charge in [-0.2, -0.15) is 0 Å². The predicted molar refractivity (Wildman–Crippen MR) is 99.1 cm³/mol. The van der Waals surface area contributed by atoms with Crippen LogP contribution in [-0.4, -0.2) is 18.4 Å². The molecule has 0 aromatic heterocycles. The second-order valence-electron chi connectivity index (χ2n) is 6.22. The summed E-state index contributed by atoms with van der Waals surface area (Å²) < 4.78 is 14.0. The van der Waals surface area contributed by atoms with Crippen molar-refractivity contribution in [2.45, 2.75) is 20.3 Å². The number of amides is 2. The molecule has 0 saturated carbocycles. The molecule has 6 heteroatoms. The van der Waals surface area contributed by atoms with Crippen molar-refractivity contribution in [3.05, 3.63) is 57.8 Å². The van der Waals surface area contributed by atoms with Crippen LogP contribution in [0.25, 0.3) is 0 Å². The molecule has 0 radical (unpaired) electrons. The summed E-state index contributed by atoms with van der Waals surface area (Å²) in [7, 11) is 0. The number of hydrogen-bond acceptors (Lipinski definition) is 2. The van der Waals surface area contributed by atoms with E-state index >= 15 is 0 Å². The van der Waals surface area contributed by atoms with Crippen LogP contribution in [-0.2, 0) is 9.59 Å². The first kappa shape index (κ1) is 17.6. The molecule has 2 aromatic rings. The minimum Gasteiger partial charge on any atom is -0.326 e. The van der Waals surface area contributed by atoms with Gasteiger partial charge in [0.25, 0.3) is 0 Å². The smallest absolute Gasteiger partial charge is 0.229 e. The molecule has 0 aliphatic carbocycles. The summed E-state index contributed by atoms with van der Waals surface area (Å²) in [5.41, 5.74) is 3.41. The summed E-state index contributed by atoms with van der Waals surface area (Å²) in [5, 5.41) is 2.92. The van der Waals surface area contributed by atoms with E-state index in [0.29, 0.717) is 12.2 Å². The Balaban J connectivity index is 1.73. The molecule has 0 bridgehead atoms. The van der Waals surface area contributed by atoms with E-state index in [2.05, 4.69) is 21.2 Å². The number of anilines is 2. The van der Waals surface area contributed by atoms with Gasteiger partial charge in [0.2, 0.25) is 11.8 Å². The van der Waals surface area contributed by atoms with Crippen LogP contribution >= 0.6 is 15.9 Å². The van der Waals surface area contributed by atoms with Crippen LogP contribution in [0.4, 0.5) is 15.8 Å². The van der Waals surface area contributed by atoms with Crippen LogP contribution in [0.15, 0.2) is 40.9 Å². The Hall–Kier alpha value is -2.21. The number of nitrogens with one attached hydrogen (secondary N) is 1. The van der Waals surface area contributed by atoms with Crippen molar-refractivity contribution in [1.29, 1.82) is 0 Å². The van der Waals surface area contributed by atoms with Crippen molar-refractivity contribution in [3.8, 4) is 0 Å². The molecule has 3 rings (SSSR count). The van der Waals surface area contributed by atoms with Gasteiger partial charge in [0.1, 0.15) is 5.82 Å². The zero-order valence-electron chi connectivity index (χ0n) is 14.0. The lowest BCUT2D eigenvalue weighted by atomic mass is 10.1. The molecular weight excluding hydrogens is 387 g/mol. The van der Waals surface area contributed by atoms with E-state index in [9.17, 15) is 14.0 Å². The molecule has 1 aliphatic rings. The standard InChI is InChI=1S/C19H18BrFN2O2/c1-11-12(2)17(8-7-16(11)20)22-19(25)13-9-18(24)23(10-13)15-5-3-14(21)4-6-15/h3-8,13H,9-10H2,1-2H3,(H,22,25). The van der Waals surface area contributed by atoms with Crippen LogP contribution in [0.5, 0.6) is 0 Å². The van der Waals surface area contributed by atoms with E-state index < -0.39 is 5.92 Å². The van der Waals surface area contributed by atoms with Crippen LogP contribution in [0.2, 0.25) is 0 Å². The lowest BCUT2D eigenvalue weighted by Gasteiger charge is -2.17. The molecule has 1 unspecified atom stereocenters. The molecule has 1 heterocycles. The number of rotatable bonds is 3. The number of carbonyl (C=O) groups excluding carboxylic acids is 2. The van der Waals surface area contributed by atoms with E-state index in [1.165, 1.54) is 17.0 Å². The van der Waals surface area contributed by atoms with E-state index in [-0.39, 0.29) is 24.1 Å². The Labute approximate surface area is 154 Å². The number of carbonyl (C=O) groups is 2. The van der Waals surface area contributed by atoms with Crippen LogP contribution in [0.3, 0.4) is 0 Å². The first-order valence-corrected chi connectivity index (χ1v) is 8.78.